The van der Waals surface area contributed by atoms with Crippen LogP contribution in [-0.2, 0) is 0 Å². The standard InChI is InChI=1S/C22H50N4/c1-5-6-7-8-9-10-11-12-13-14-15-16-24-18-21(3)26-19-22(4)25-17-20(2)23/h20-22,24-26H,5-19,23H2,1-4H3. The second-order valence-corrected chi connectivity index (χ2v) is 8.34. The molecule has 4 nitrogen and oxygen atoms in total. The molecule has 0 heterocycles. The van der Waals surface area contributed by atoms with Gasteiger partial charge in [-0.3, -0.25) is 0 Å². The number of rotatable bonds is 20. The molecule has 0 aromatic heterocycles. The normalized spacial score (nSPS) is 15.1. The fourth-order valence-corrected chi connectivity index (χ4v) is 3.14. The third-order valence-corrected chi connectivity index (χ3v) is 4.97. The fraction of sp³-hybridized carbons (Fsp3) is 1.00. The quantitative estimate of drug-likeness (QED) is 0.243. The van der Waals surface area contributed by atoms with E-state index in [4.69, 9.17) is 5.73 Å². The van der Waals surface area contributed by atoms with Gasteiger partial charge in [-0.2, -0.15) is 0 Å². The number of unbranched alkanes of at least 4 members (excludes halogenated alkanes) is 10. The summed E-state index contributed by atoms with van der Waals surface area (Å²) in [5.74, 6) is 0. The maximum absolute atomic E-state index is 5.77. The SMILES string of the molecule is CCCCCCCCCCCCCNCC(C)NCC(C)NCC(C)N. The van der Waals surface area contributed by atoms with Crippen LogP contribution in [0.25, 0.3) is 0 Å². The lowest BCUT2D eigenvalue weighted by atomic mass is 10.1. The molecule has 0 rings (SSSR count). The van der Waals surface area contributed by atoms with Gasteiger partial charge in [0.2, 0.25) is 0 Å². The highest BCUT2D eigenvalue weighted by Gasteiger charge is 2.05. The van der Waals surface area contributed by atoms with E-state index in [2.05, 4.69) is 36.7 Å². The van der Waals surface area contributed by atoms with Gasteiger partial charge in [-0.1, -0.05) is 71.1 Å². The molecular weight excluding hydrogens is 320 g/mol. The third-order valence-electron chi connectivity index (χ3n) is 4.97. The molecule has 5 N–H and O–H groups in total. The molecule has 0 aromatic rings. The van der Waals surface area contributed by atoms with E-state index in [-0.39, 0.29) is 6.04 Å². The summed E-state index contributed by atoms with van der Waals surface area (Å²) in [5, 5.41) is 10.6. The molecule has 3 atom stereocenters. The predicted molar refractivity (Wildman–Crippen MR) is 118 cm³/mol. The van der Waals surface area contributed by atoms with Gasteiger partial charge in [-0.25, -0.2) is 0 Å². The Hall–Kier alpha value is -0.160. The van der Waals surface area contributed by atoms with Crippen molar-refractivity contribution >= 4 is 0 Å². The van der Waals surface area contributed by atoms with E-state index in [0.717, 1.165) is 26.2 Å². The van der Waals surface area contributed by atoms with Crippen molar-refractivity contribution < 1.29 is 0 Å². The Morgan fingerprint density at radius 3 is 1.62 bits per heavy atom. The summed E-state index contributed by atoms with van der Waals surface area (Å²) in [4.78, 5) is 0. The summed E-state index contributed by atoms with van der Waals surface area (Å²) >= 11 is 0. The summed E-state index contributed by atoms with van der Waals surface area (Å²) in [6.45, 7) is 12.9. The minimum atomic E-state index is 0.224. The Morgan fingerprint density at radius 2 is 1.08 bits per heavy atom. The first-order chi connectivity index (χ1) is 12.6. The number of hydrogen-bond acceptors (Lipinski definition) is 4. The van der Waals surface area contributed by atoms with Crippen molar-refractivity contribution in [3.63, 3.8) is 0 Å². The van der Waals surface area contributed by atoms with E-state index in [1.807, 2.05) is 6.92 Å². The van der Waals surface area contributed by atoms with Crippen molar-refractivity contribution in [1.82, 2.24) is 16.0 Å². The molecule has 0 aromatic carbocycles. The average Bonchev–Trinajstić information content (AvgIpc) is 2.62. The molecular formula is C22H50N4. The Balaban J connectivity index is 3.24. The van der Waals surface area contributed by atoms with Crippen LogP contribution < -0.4 is 21.7 Å². The molecule has 3 unspecified atom stereocenters. The number of nitrogens with two attached hydrogens (primary N) is 1. The molecule has 0 bridgehead atoms. The lowest BCUT2D eigenvalue weighted by molar-refractivity contribution is 0.435. The van der Waals surface area contributed by atoms with Crippen molar-refractivity contribution in [1.29, 1.82) is 0 Å². The van der Waals surface area contributed by atoms with Crippen LogP contribution in [0.5, 0.6) is 0 Å². The highest BCUT2D eigenvalue weighted by Crippen LogP contribution is 2.10. The predicted octanol–water partition coefficient (Wildman–Crippen LogP) is 4.19. The van der Waals surface area contributed by atoms with Gasteiger partial charge in [-0.15, -0.1) is 0 Å². The molecule has 158 valence electrons. The highest BCUT2D eigenvalue weighted by molar-refractivity contribution is 4.71. The monoisotopic (exact) mass is 370 g/mol. The zero-order valence-electron chi connectivity index (χ0n) is 18.4. The lowest BCUT2D eigenvalue weighted by Gasteiger charge is -2.20. The Labute approximate surface area is 164 Å². The lowest BCUT2D eigenvalue weighted by Crippen LogP contribution is -2.45. The van der Waals surface area contributed by atoms with Gasteiger partial charge in [0.15, 0.2) is 0 Å². The summed E-state index contributed by atoms with van der Waals surface area (Å²) in [7, 11) is 0. The van der Waals surface area contributed by atoms with Crippen LogP contribution in [0.15, 0.2) is 0 Å². The smallest absolute Gasteiger partial charge is 0.0164 e. The molecule has 0 aliphatic heterocycles. The molecule has 4 heteroatoms. The first-order valence-corrected chi connectivity index (χ1v) is 11.5. The molecule has 0 fully saturated rings. The van der Waals surface area contributed by atoms with Crippen LogP contribution in [0, 0.1) is 0 Å². The number of hydrogen-bond donors (Lipinski definition) is 4. The molecule has 0 amide bonds. The van der Waals surface area contributed by atoms with Crippen molar-refractivity contribution in [3.05, 3.63) is 0 Å². The molecule has 0 saturated heterocycles. The van der Waals surface area contributed by atoms with Crippen LogP contribution in [0.4, 0.5) is 0 Å². The van der Waals surface area contributed by atoms with Crippen molar-refractivity contribution in [2.75, 3.05) is 26.2 Å². The summed E-state index contributed by atoms with van der Waals surface area (Å²) in [5.41, 5.74) is 5.77. The number of nitrogens with one attached hydrogen (secondary N) is 3. The van der Waals surface area contributed by atoms with Gasteiger partial charge in [0.05, 0.1) is 0 Å². The van der Waals surface area contributed by atoms with Gasteiger partial charge in [0.25, 0.3) is 0 Å². The zero-order valence-corrected chi connectivity index (χ0v) is 18.4. The van der Waals surface area contributed by atoms with Crippen LogP contribution in [-0.4, -0.2) is 44.3 Å². The van der Waals surface area contributed by atoms with E-state index in [0.29, 0.717) is 12.1 Å². The molecule has 0 radical (unpaired) electrons. The molecule has 26 heavy (non-hydrogen) atoms. The van der Waals surface area contributed by atoms with Gasteiger partial charge in [0, 0.05) is 37.8 Å². The maximum Gasteiger partial charge on any atom is 0.0164 e. The fourth-order valence-electron chi connectivity index (χ4n) is 3.14. The topological polar surface area (TPSA) is 62.1 Å². The maximum atomic E-state index is 5.77. The van der Waals surface area contributed by atoms with Gasteiger partial charge < -0.3 is 21.7 Å². The van der Waals surface area contributed by atoms with E-state index in [1.54, 1.807) is 0 Å². The first-order valence-electron chi connectivity index (χ1n) is 11.5. The molecule has 0 spiro atoms. The van der Waals surface area contributed by atoms with Crippen molar-refractivity contribution in [2.24, 2.45) is 5.73 Å². The summed E-state index contributed by atoms with van der Waals surface area (Å²) in [6, 6.07) is 1.21. The molecule has 0 aliphatic rings. The summed E-state index contributed by atoms with van der Waals surface area (Å²) in [6.07, 6.45) is 15.5. The second-order valence-electron chi connectivity index (χ2n) is 8.34. The first kappa shape index (κ1) is 25.8. The van der Waals surface area contributed by atoms with Crippen molar-refractivity contribution in [2.45, 2.75) is 116 Å². The third kappa shape index (κ3) is 20.2. The van der Waals surface area contributed by atoms with Crippen molar-refractivity contribution in [3.8, 4) is 0 Å². The second kappa shape index (κ2) is 19.6. The summed E-state index contributed by atoms with van der Waals surface area (Å²) < 4.78 is 0. The molecule has 0 aliphatic carbocycles. The van der Waals surface area contributed by atoms with Crippen LogP contribution in [0.3, 0.4) is 0 Å². The zero-order chi connectivity index (χ0) is 19.5. The van der Waals surface area contributed by atoms with E-state index in [1.165, 1.54) is 70.6 Å². The van der Waals surface area contributed by atoms with Crippen LogP contribution in [0.1, 0.15) is 98.3 Å². The van der Waals surface area contributed by atoms with Gasteiger partial charge >= 0.3 is 0 Å². The minimum absolute atomic E-state index is 0.224. The molecule has 0 saturated carbocycles. The Kier molecular flexibility index (Phi) is 19.5. The average molecular weight is 371 g/mol. The van der Waals surface area contributed by atoms with E-state index in [9.17, 15) is 0 Å². The van der Waals surface area contributed by atoms with Crippen LogP contribution in [0.2, 0.25) is 0 Å². The van der Waals surface area contributed by atoms with E-state index < -0.39 is 0 Å². The van der Waals surface area contributed by atoms with Crippen LogP contribution >= 0.6 is 0 Å². The van der Waals surface area contributed by atoms with Gasteiger partial charge in [-0.05, 0) is 33.7 Å². The minimum Gasteiger partial charge on any atom is -0.327 e. The Bertz CT molecular complexity index is 271. The highest BCUT2D eigenvalue weighted by atomic mass is 15.0. The largest absolute Gasteiger partial charge is 0.327 e. The van der Waals surface area contributed by atoms with Gasteiger partial charge in [0.1, 0.15) is 0 Å². The Morgan fingerprint density at radius 1 is 0.615 bits per heavy atom. The van der Waals surface area contributed by atoms with E-state index >= 15 is 0 Å².